The molecule has 0 radical (unpaired) electrons. The van der Waals surface area contributed by atoms with Crippen molar-refractivity contribution in [3.05, 3.63) is 109 Å². The zero-order valence-corrected chi connectivity index (χ0v) is 37.6. The molecule has 0 saturated heterocycles. The summed E-state index contributed by atoms with van der Waals surface area (Å²) < 4.78 is 34.2. The Kier molecular flexibility index (Phi) is 36.9. The molecular formula is C48H79NO8P+. The lowest BCUT2D eigenvalue weighted by Gasteiger charge is -2.24. The SMILES string of the molecule is CC/C=C\C/C=C\C/C=C\C/C=C\C/C=C\CCCC(=O)OC(COC(=O)CCCCCC/C=C\C/C=C\C/C=C\C/C=C\CC)COP(=O)(O)OCC[N+](C)(C)C. The van der Waals surface area contributed by atoms with Gasteiger partial charge in [-0.3, -0.25) is 18.6 Å². The molecule has 10 heteroatoms. The fraction of sp³-hybridized carbons (Fsp3) is 0.583. The first-order chi connectivity index (χ1) is 28.0. The van der Waals surface area contributed by atoms with E-state index in [1.54, 1.807) is 0 Å². The van der Waals surface area contributed by atoms with Gasteiger partial charge in [0.1, 0.15) is 19.8 Å². The van der Waals surface area contributed by atoms with E-state index in [1.807, 2.05) is 27.2 Å². The van der Waals surface area contributed by atoms with Gasteiger partial charge in [-0.25, -0.2) is 4.57 Å². The van der Waals surface area contributed by atoms with E-state index in [1.165, 1.54) is 0 Å². The first-order valence-corrected chi connectivity index (χ1v) is 23.1. The Bertz CT molecular complexity index is 1350. The maximum Gasteiger partial charge on any atom is 0.472 e. The van der Waals surface area contributed by atoms with Crippen LogP contribution in [0.5, 0.6) is 0 Å². The number of allylic oxidation sites excluding steroid dienone is 18. The van der Waals surface area contributed by atoms with Crippen LogP contribution in [0.2, 0.25) is 0 Å². The summed E-state index contributed by atoms with van der Waals surface area (Å²) in [6.07, 6.45) is 52.9. The average Bonchev–Trinajstić information content (AvgIpc) is 3.17. The first-order valence-electron chi connectivity index (χ1n) is 21.6. The van der Waals surface area contributed by atoms with E-state index in [0.29, 0.717) is 30.3 Å². The summed E-state index contributed by atoms with van der Waals surface area (Å²) in [6.45, 7) is 4.06. The highest BCUT2D eigenvalue weighted by Gasteiger charge is 2.27. The van der Waals surface area contributed by atoms with Crippen molar-refractivity contribution in [3.8, 4) is 0 Å². The van der Waals surface area contributed by atoms with Gasteiger partial charge in [-0.1, -0.05) is 136 Å². The largest absolute Gasteiger partial charge is 0.472 e. The third-order valence-corrected chi connectivity index (χ3v) is 9.28. The van der Waals surface area contributed by atoms with E-state index in [2.05, 4.69) is 117 Å². The quantitative estimate of drug-likeness (QED) is 0.0217. The minimum absolute atomic E-state index is 0.00988. The Morgan fingerprint density at radius 3 is 1.41 bits per heavy atom. The standard InChI is InChI=1S/C48H78NO8P/c1-6-8-10-12-14-16-18-20-22-24-26-28-30-32-34-36-38-40-47(50)54-44-46(45-56-58(52,53)55-43-42-49(3,4)5)57-48(51)41-39-37-35-33-31-29-27-25-23-21-19-17-15-13-11-9-7-2/h8-11,14-17,20-23,26-29,33,35,46H,6-7,12-13,18-19,24-25,30-32,34,36-45H2,1-5H3/p+1/b10-8-,11-9-,16-14-,17-15-,22-20-,23-21-,28-26-,29-27-,35-33-. The van der Waals surface area contributed by atoms with E-state index < -0.39 is 32.5 Å². The van der Waals surface area contributed by atoms with Crippen LogP contribution in [0.15, 0.2) is 109 Å². The van der Waals surface area contributed by atoms with Crippen molar-refractivity contribution >= 4 is 19.8 Å². The second kappa shape index (κ2) is 39.1. The number of quaternary nitrogens is 1. The summed E-state index contributed by atoms with van der Waals surface area (Å²) in [6, 6.07) is 0. The average molecular weight is 829 g/mol. The van der Waals surface area contributed by atoms with Gasteiger partial charge in [0, 0.05) is 12.8 Å². The Hall–Kier alpha value is -3.33. The molecule has 0 aliphatic heterocycles. The Morgan fingerprint density at radius 1 is 0.534 bits per heavy atom. The number of ether oxygens (including phenoxy) is 2. The van der Waals surface area contributed by atoms with Crippen LogP contribution in [0.1, 0.15) is 129 Å². The molecule has 0 heterocycles. The molecule has 2 atom stereocenters. The Balaban J connectivity index is 4.54. The van der Waals surface area contributed by atoms with Crippen molar-refractivity contribution in [3.63, 3.8) is 0 Å². The molecule has 0 aliphatic carbocycles. The van der Waals surface area contributed by atoms with Crippen LogP contribution < -0.4 is 0 Å². The normalized spacial score (nSPS) is 14.7. The zero-order valence-electron chi connectivity index (χ0n) is 36.7. The van der Waals surface area contributed by atoms with Gasteiger partial charge in [0.25, 0.3) is 0 Å². The third-order valence-electron chi connectivity index (χ3n) is 8.30. The molecule has 0 fully saturated rings. The van der Waals surface area contributed by atoms with Gasteiger partial charge in [0.05, 0.1) is 27.7 Å². The zero-order chi connectivity index (χ0) is 42.8. The van der Waals surface area contributed by atoms with Crippen LogP contribution in [0, 0.1) is 0 Å². The fourth-order valence-electron chi connectivity index (χ4n) is 4.98. The lowest BCUT2D eigenvalue weighted by Crippen LogP contribution is -2.37. The lowest BCUT2D eigenvalue weighted by atomic mass is 10.1. The number of unbranched alkanes of at least 4 members (excludes halogenated alkanes) is 5. The molecule has 0 bridgehead atoms. The van der Waals surface area contributed by atoms with E-state index in [0.717, 1.165) is 83.5 Å². The maximum atomic E-state index is 12.7. The second-order valence-corrected chi connectivity index (χ2v) is 16.4. The van der Waals surface area contributed by atoms with E-state index in [-0.39, 0.29) is 26.1 Å². The second-order valence-electron chi connectivity index (χ2n) is 15.0. The van der Waals surface area contributed by atoms with Crippen LogP contribution in [0.4, 0.5) is 0 Å². The highest BCUT2D eigenvalue weighted by atomic mass is 31.2. The highest BCUT2D eigenvalue weighted by Crippen LogP contribution is 2.43. The molecule has 9 nitrogen and oxygen atoms in total. The number of phosphoric acid groups is 1. The number of hydrogen-bond donors (Lipinski definition) is 1. The summed E-state index contributed by atoms with van der Waals surface area (Å²) in [7, 11) is 1.40. The van der Waals surface area contributed by atoms with Gasteiger partial charge in [0.2, 0.25) is 0 Å². The highest BCUT2D eigenvalue weighted by molar-refractivity contribution is 7.47. The number of rotatable bonds is 37. The third kappa shape index (κ3) is 42.3. The van der Waals surface area contributed by atoms with Gasteiger partial charge in [-0.2, -0.15) is 0 Å². The van der Waals surface area contributed by atoms with Gasteiger partial charge in [-0.05, 0) is 89.9 Å². The van der Waals surface area contributed by atoms with Gasteiger partial charge in [-0.15, -0.1) is 0 Å². The van der Waals surface area contributed by atoms with Crippen molar-refractivity contribution < 1.29 is 42.1 Å². The molecule has 2 unspecified atom stereocenters. The van der Waals surface area contributed by atoms with Crippen molar-refractivity contribution in [2.45, 2.75) is 136 Å². The molecule has 328 valence electrons. The Labute approximate surface area is 353 Å². The molecule has 1 N–H and O–H groups in total. The molecule has 0 spiro atoms. The van der Waals surface area contributed by atoms with Gasteiger partial charge in [0.15, 0.2) is 6.10 Å². The predicted molar refractivity (Wildman–Crippen MR) is 242 cm³/mol. The van der Waals surface area contributed by atoms with Crippen molar-refractivity contribution in [1.82, 2.24) is 0 Å². The van der Waals surface area contributed by atoms with E-state index in [9.17, 15) is 19.0 Å². The van der Waals surface area contributed by atoms with Crippen molar-refractivity contribution in [2.24, 2.45) is 0 Å². The van der Waals surface area contributed by atoms with E-state index >= 15 is 0 Å². The molecule has 0 aliphatic rings. The maximum absolute atomic E-state index is 12.7. The summed E-state index contributed by atoms with van der Waals surface area (Å²) in [5, 5.41) is 0. The summed E-state index contributed by atoms with van der Waals surface area (Å²) in [5.74, 6) is -0.909. The molecule has 0 amide bonds. The van der Waals surface area contributed by atoms with Crippen molar-refractivity contribution in [1.29, 1.82) is 0 Å². The Morgan fingerprint density at radius 2 is 0.948 bits per heavy atom. The topological polar surface area (TPSA) is 108 Å². The number of nitrogens with zero attached hydrogens (tertiary/aromatic N) is 1. The van der Waals surface area contributed by atoms with Crippen molar-refractivity contribution in [2.75, 3.05) is 47.5 Å². The molecule has 0 aromatic rings. The molecule has 58 heavy (non-hydrogen) atoms. The smallest absolute Gasteiger partial charge is 0.462 e. The molecule has 0 aromatic heterocycles. The number of hydrogen-bond acceptors (Lipinski definition) is 7. The summed E-state index contributed by atoms with van der Waals surface area (Å²) in [5.41, 5.74) is 0. The first kappa shape index (κ1) is 54.7. The van der Waals surface area contributed by atoms with Gasteiger partial charge < -0.3 is 18.9 Å². The molecule has 0 saturated carbocycles. The monoisotopic (exact) mass is 829 g/mol. The molecule has 0 aromatic carbocycles. The van der Waals surface area contributed by atoms with Crippen LogP contribution in [-0.4, -0.2) is 74.9 Å². The predicted octanol–water partition coefficient (Wildman–Crippen LogP) is 12.3. The number of carbonyl (C=O) groups is 2. The molecular weight excluding hydrogens is 750 g/mol. The number of carbonyl (C=O) groups excluding carboxylic acids is 2. The van der Waals surface area contributed by atoms with Crippen LogP contribution in [-0.2, 0) is 32.7 Å². The van der Waals surface area contributed by atoms with Gasteiger partial charge >= 0.3 is 19.8 Å². The number of likely N-dealkylation sites (N-methyl/N-ethyl adjacent to an activating group) is 1. The van der Waals surface area contributed by atoms with E-state index in [4.69, 9.17) is 18.5 Å². The number of phosphoric ester groups is 1. The minimum atomic E-state index is -4.40. The fourth-order valence-corrected chi connectivity index (χ4v) is 5.72. The lowest BCUT2D eigenvalue weighted by molar-refractivity contribution is -0.870. The summed E-state index contributed by atoms with van der Waals surface area (Å²) in [4.78, 5) is 35.3. The van der Waals surface area contributed by atoms with Crippen LogP contribution >= 0.6 is 7.82 Å². The summed E-state index contributed by atoms with van der Waals surface area (Å²) >= 11 is 0. The van der Waals surface area contributed by atoms with Crippen LogP contribution in [0.3, 0.4) is 0 Å². The number of esters is 2. The minimum Gasteiger partial charge on any atom is -0.462 e. The molecule has 0 rings (SSSR count). The van der Waals surface area contributed by atoms with Crippen LogP contribution in [0.25, 0.3) is 0 Å².